The lowest BCUT2D eigenvalue weighted by Gasteiger charge is -2.32. The number of hydrogen-bond donors (Lipinski definition) is 1. The third-order valence-electron chi connectivity index (χ3n) is 2.82. The lowest BCUT2D eigenvalue weighted by molar-refractivity contribution is 0.0413. The van der Waals surface area contributed by atoms with E-state index in [-0.39, 0.29) is 5.92 Å². The van der Waals surface area contributed by atoms with Crippen molar-refractivity contribution in [3.05, 3.63) is 0 Å². The molecule has 0 spiro atoms. The second-order valence-corrected chi connectivity index (χ2v) is 5.44. The van der Waals surface area contributed by atoms with Gasteiger partial charge in [-0.25, -0.2) is 4.79 Å². The van der Waals surface area contributed by atoms with Crippen LogP contribution < -0.4 is 5.32 Å². The van der Waals surface area contributed by atoms with Crippen molar-refractivity contribution in [2.75, 3.05) is 13.2 Å². The molecular formula is C12H20N2O3. The van der Waals surface area contributed by atoms with Crippen LogP contribution in [0.4, 0.5) is 4.79 Å². The first-order chi connectivity index (χ1) is 7.79. The molecule has 1 fully saturated rings. The number of nitrogens with zero attached hydrogens (tertiary/aromatic N) is 1. The summed E-state index contributed by atoms with van der Waals surface area (Å²) in [4.78, 5) is 11.7. The number of amides is 1. The molecule has 1 saturated heterocycles. The van der Waals surface area contributed by atoms with Gasteiger partial charge in [-0.05, 0) is 34.1 Å². The summed E-state index contributed by atoms with van der Waals surface area (Å²) < 4.78 is 10.5. The van der Waals surface area contributed by atoms with E-state index < -0.39 is 17.2 Å². The fourth-order valence-electron chi connectivity index (χ4n) is 1.76. The molecule has 96 valence electrons. The summed E-state index contributed by atoms with van der Waals surface area (Å²) in [6.07, 6.45) is 0.145. The Balaban J connectivity index is 2.69. The number of ether oxygens (including phenoxy) is 2. The average Bonchev–Trinajstić information content (AvgIpc) is 2.63. The van der Waals surface area contributed by atoms with Crippen LogP contribution in [0.3, 0.4) is 0 Å². The van der Waals surface area contributed by atoms with Gasteiger partial charge in [0.1, 0.15) is 5.60 Å². The number of alkyl carbamates (subject to hydrolysis) is 1. The van der Waals surface area contributed by atoms with E-state index in [1.165, 1.54) is 0 Å². The van der Waals surface area contributed by atoms with Gasteiger partial charge in [0.25, 0.3) is 0 Å². The first-order valence-corrected chi connectivity index (χ1v) is 5.78. The molecule has 0 saturated carbocycles. The SMILES string of the molecule is CC(C#N)C1(NC(=O)OC(C)(C)C)CCOC1. The van der Waals surface area contributed by atoms with E-state index >= 15 is 0 Å². The third kappa shape index (κ3) is 3.60. The van der Waals surface area contributed by atoms with Crippen molar-refractivity contribution in [1.29, 1.82) is 5.26 Å². The predicted molar refractivity (Wildman–Crippen MR) is 62.3 cm³/mol. The molecule has 0 aromatic heterocycles. The summed E-state index contributed by atoms with van der Waals surface area (Å²) in [6.45, 7) is 8.11. The van der Waals surface area contributed by atoms with E-state index in [0.717, 1.165) is 0 Å². The van der Waals surface area contributed by atoms with Gasteiger partial charge in [-0.1, -0.05) is 0 Å². The van der Waals surface area contributed by atoms with E-state index in [2.05, 4.69) is 11.4 Å². The molecule has 2 atom stereocenters. The van der Waals surface area contributed by atoms with Crippen LogP contribution in [-0.2, 0) is 9.47 Å². The fraction of sp³-hybridized carbons (Fsp3) is 0.833. The summed E-state index contributed by atoms with van der Waals surface area (Å²) >= 11 is 0. The Hall–Kier alpha value is -1.28. The number of carbonyl (C=O) groups is 1. The molecule has 1 aliphatic heterocycles. The molecule has 0 bridgehead atoms. The van der Waals surface area contributed by atoms with Gasteiger partial charge in [-0.3, -0.25) is 0 Å². The van der Waals surface area contributed by atoms with Gasteiger partial charge in [-0.2, -0.15) is 5.26 Å². The first kappa shape index (κ1) is 13.8. The van der Waals surface area contributed by atoms with Gasteiger partial charge in [0.05, 0.1) is 24.1 Å². The summed E-state index contributed by atoms with van der Waals surface area (Å²) in [7, 11) is 0. The van der Waals surface area contributed by atoms with E-state index in [9.17, 15) is 4.79 Å². The summed E-state index contributed by atoms with van der Waals surface area (Å²) in [5.74, 6) is -0.308. The summed E-state index contributed by atoms with van der Waals surface area (Å²) in [6, 6.07) is 2.17. The molecule has 1 aliphatic rings. The topological polar surface area (TPSA) is 71.4 Å². The molecule has 2 unspecified atom stereocenters. The second-order valence-electron chi connectivity index (χ2n) is 5.44. The molecular weight excluding hydrogens is 220 g/mol. The fourth-order valence-corrected chi connectivity index (χ4v) is 1.76. The van der Waals surface area contributed by atoms with Crippen molar-refractivity contribution in [2.24, 2.45) is 5.92 Å². The van der Waals surface area contributed by atoms with Crippen LogP contribution in [0.2, 0.25) is 0 Å². The van der Waals surface area contributed by atoms with E-state index in [1.807, 2.05) is 0 Å². The smallest absolute Gasteiger partial charge is 0.408 e. The maximum absolute atomic E-state index is 11.7. The van der Waals surface area contributed by atoms with Crippen molar-refractivity contribution < 1.29 is 14.3 Å². The van der Waals surface area contributed by atoms with Crippen LogP contribution in [0.5, 0.6) is 0 Å². The van der Waals surface area contributed by atoms with Crippen molar-refractivity contribution in [3.63, 3.8) is 0 Å². The molecule has 0 aromatic carbocycles. The molecule has 5 heteroatoms. The van der Waals surface area contributed by atoms with Crippen LogP contribution in [0.1, 0.15) is 34.1 Å². The predicted octanol–water partition coefficient (Wildman–Crippen LogP) is 1.83. The van der Waals surface area contributed by atoms with Crippen LogP contribution in [0.15, 0.2) is 0 Å². The van der Waals surface area contributed by atoms with Crippen LogP contribution >= 0.6 is 0 Å². The average molecular weight is 240 g/mol. The number of hydrogen-bond acceptors (Lipinski definition) is 4. The molecule has 17 heavy (non-hydrogen) atoms. The first-order valence-electron chi connectivity index (χ1n) is 5.78. The van der Waals surface area contributed by atoms with Crippen LogP contribution in [0.25, 0.3) is 0 Å². The normalized spacial score (nSPS) is 26.1. The van der Waals surface area contributed by atoms with Gasteiger partial charge in [0, 0.05) is 6.61 Å². The van der Waals surface area contributed by atoms with Crippen molar-refractivity contribution in [2.45, 2.75) is 45.3 Å². The van der Waals surface area contributed by atoms with Gasteiger partial charge < -0.3 is 14.8 Å². The monoisotopic (exact) mass is 240 g/mol. The highest BCUT2D eigenvalue weighted by Gasteiger charge is 2.42. The van der Waals surface area contributed by atoms with Crippen LogP contribution in [-0.4, -0.2) is 30.4 Å². The number of nitriles is 1. The van der Waals surface area contributed by atoms with Gasteiger partial charge in [0.2, 0.25) is 0 Å². The third-order valence-corrected chi connectivity index (χ3v) is 2.82. The molecule has 1 amide bonds. The van der Waals surface area contributed by atoms with Gasteiger partial charge in [0.15, 0.2) is 0 Å². The number of carbonyl (C=O) groups excluding carboxylic acids is 1. The lowest BCUT2D eigenvalue weighted by Crippen LogP contribution is -2.54. The van der Waals surface area contributed by atoms with Crippen molar-refractivity contribution in [3.8, 4) is 6.07 Å². The highest BCUT2D eigenvalue weighted by molar-refractivity contribution is 5.69. The number of rotatable bonds is 2. The zero-order chi connectivity index (χ0) is 13.1. The highest BCUT2D eigenvalue weighted by Crippen LogP contribution is 2.27. The lowest BCUT2D eigenvalue weighted by atomic mass is 9.85. The zero-order valence-electron chi connectivity index (χ0n) is 10.9. The Bertz CT molecular complexity index is 322. The second kappa shape index (κ2) is 4.92. The quantitative estimate of drug-likeness (QED) is 0.799. The molecule has 1 rings (SSSR count). The van der Waals surface area contributed by atoms with Crippen molar-refractivity contribution in [1.82, 2.24) is 5.32 Å². The van der Waals surface area contributed by atoms with Gasteiger partial charge >= 0.3 is 6.09 Å². The molecule has 1 N–H and O–H groups in total. The number of nitrogens with one attached hydrogen (secondary N) is 1. The minimum absolute atomic E-state index is 0.308. The Labute approximate surface area is 102 Å². The van der Waals surface area contributed by atoms with Crippen LogP contribution in [0, 0.1) is 17.2 Å². The largest absolute Gasteiger partial charge is 0.444 e. The molecule has 0 radical (unpaired) electrons. The Kier molecular flexibility index (Phi) is 3.99. The zero-order valence-corrected chi connectivity index (χ0v) is 10.9. The van der Waals surface area contributed by atoms with Gasteiger partial charge in [-0.15, -0.1) is 0 Å². The maximum Gasteiger partial charge on any atom is 0.408 e. The molecule has 5 nitrogen and oxygen atoms in total. The van der Waals surface area contributed by atoms with E-state index in [4.69, 9.17) is 14.7 Å². The molecule has 0 aromatic rings. The highest BCUT2D eigenvalue weighted by atomic mass is 16.6. The Morgan fingerprint density at radius 1 is 1.59 bits per heavy atom. The standard InChI is InChI=1S/C12H20N2O3/c1-9(7-13)12(5-6-16-8-12)14-10(15)17-11(2,3)4/h9H,5-6,8H2,1-4H3,(H,14,15). The minimum Gasteiger partial charge on any atom is -0.444 e. The maximum atomic E-state index is 11.7. The summed E-state index contributed by atoms with van der Waals surface area (Å²) in [5, 5.41) is 11.8. The Morgan fingerprint density at radius 2 is 2.24 bits per heavy atom. The molecule has 1 heterocycles. The van der Waals surface area contributed by atoms with E-state index in [1.54, 1.807) is 27.7 Å². The van der Waals surface area contributed by atoms with E-state index in [0.29, 0.717) is 19.6 Å². The molecule has 0 aliphatic carbocycles. The van der Waals surface area contributed by atoms with Crippen molar-refractivity contribution >= 4 is 6.09 Å². The minimum atomic E-state index is -0.614. The summed E-state index contributed by atoms with van der Waals surface area (Å²) in [5.41, 5.74) is -1.16. The Morgan fingerprint density at radius 3 is 2.65 bits per heavy atom.